The van der Waals surface area contributed by atoms with Crippen LogP contribution in [0.15, 0.2) is 48.5 Å². The minimum atomic E-state index is -0.541. The van der Waals surface area contributed by atoms with Crippen LogP contribution in [-0.2, 0) is 6.42 Å². The molecule has 2 aromatic rings. The summed E-state index contributed by atoms with van der Waals surface area (Å²) < 4.78 is 14.6. The van der Waals surface area contributed by atoms with Crippen LogP contribution in [0.3, 0.4) is 0 Å². The van der Waals surface area contributed by atoms with Crippen LogP contribution in [0, 0.1) is 11.3 Å². The Hall–Kier alpha value is -2.85. The first-order valence-electron chi connectivity index (χ1n) is 8.54. The lowest BCUT2D eigenvalue weighted by Crippen LogP contribution is -2.30. The molecule has 2 aromatic carbocycles. The Morgan fingerprint density at radius 3 is 2.70 bits per heavy atom. The van der Waals surface area contributed by atoms with Gasteiger partial charge in [0.05, 0.1) is 18.2 Å². The second-order valence-corrected chi connectivity index (χ2v) is 7.91. The summed E-state index contributed by atoms with van der Waals surface area (Å²) in [4.78, 5) is 12.6. The van der Waals surface area contributed by atoms with Crippen molar-refractivity contribution in [2.75, 3.05) is 17.9 Å². The number of nitrogens with zero attached hydrogens (tertiary/aromatic N) is 3. The Bertz CT molecular complexity index is 865. The number of anilines is 1. The van der Waals surface area contributed by atoms with E-state index < -0.39 is 6.09 Å². The van der Waals surface area contributed by atoms with Gasteiger partial charge in [-0.1, -0.05) is 30.3 Å². The lowest BCUT2D eigenvalue weighted by molar-refractivity contribution is 0.132. The number of ether oxygens (including phenoxy) is 2. The van der Waals surface area contributed by atoms with Gasteiger partial charge in [-0.15, -0.1) is 0 Å². The number of nitriles is 1. The normalized spacial score (nSPS) is 13.9. The number of fused-ring (bicyclic) bond motifs is 1. The molecule has 1 aliphatic heterocycles. The van der Waals surface area contributed by atoms with Gasteiger partial charge in [0.15, 0.2) is 11.5 Å². The standard InChI is InChI=1S/C20H21N3O3S/c1-20(2)14-15-8-7-11-17(18(15)26-20)25-19(24)22(3)27-23(13-12-21)16-9-5-4-6-10-16/h4-11H,13-14H2,1-3H3. The van der Waals surface area contributed by atoms with Crippen LogP contribution < -0.4 is 13.8 Å². The van der Waals surface area contributed by atoms with Crippen LogP contribution in [0.2, 0.25) is 0 Å². The van der Waals surface area contributed by atoms with Crippen molar-refractivity contribution < 1.29 is 14.3 Å². The molecule has 140 valence electrons. The van der Waals surface area contributed by atoms with E-state index in [0.717, 1.165) is 29.8 Å². The number of benzene rings is 2. The van der Waals surface area contributed by atoms with E-state index in [9.17, 15) is 4.79 Å². The first-order valence-corrected chi connectivity index (χ1v) is 9.27. The average molecular weight is 383 g/mol. The van der Waals surface area contributed by atoms with Crippen molar-refractivity contribution in [3.8, 4) is 17.6 Å². The number of rotatable bonds is 5. The third-order valence-corrected chi connectivity index (χ3v) is 4.92. The molecule has 1 heterocycles. The maximum atomic E-state index is 12.6. The lowest BCUT2D eigenvalue weighted by Gasteiger charge is -2.25. The number of para-hydroxylation sites is 2. The fourth-order valence-electron chi connectivity index (χ4n) is 2.83. The summed E-state index contributed by atoms with van der Waals surface area (Å²) in [5, 5.41) is 9.08. The molecule has 0 atom stereocenters. The zero-order chi connectivity index (χ0) is 19.4. The summed E-state index contributed by atoms with van der Waals surface area (Å²) in [6.45, 7) is 4.13. The van der Waals surface area contributed by atoms with Crippen molar-refractivity contribution in [1.29, 1.82) is 5.26 Å². The quantitative estimate of drug-likeness (QED) is 0.562. The first kappa shape index (κ1) is 18.9. The van der Waals surface area contributed by atoms with Crippen molar-refractivity contribution in [3.63, 3.8) is 0 Å². The fraction of sp³-hybridized carbons (Fsp3) is 0.300. The molecule has 0 aliphatic carbocycles. The summed E-state index contributed by atoms with van der Waals surface area (Å²) in [6.07, 6.45) is 0.225. The van der Waals surface area contributed by atoms with Gasteiger partial charge in [0, 0.05) is 24.7 Å². The van der Waals surface area contributed by atoms with Crippen molar-refractivity contribution in [2.24, 2.45) is 0 Å². The number of carbonyl (C=O) groups excluding carboxylic acids is 1. The highest BCUT2D eigenvalue weighted by Gasteiger charge is 2.33. The molecule has 0 fully saturated rings. The van der Waals surface area contributed by atoms with Gasteiger partial charge >= 0.3 is 6.09 Å². The maximum Gasteiger partial charge on any atom is 0.426 e. The van der Waals surface area contributed by atoms with Crippen LogP contribution in [0.25, 0.3) is 0 Å². The van der Waals surface area contributed by atoms with E-state index in [4.69, 9.17) is 14.7 Å². The predicted molar refractivity (Wildman–Crippen MR) is 106 cm³/mol. The van der Waals surface area contributed by atoms with E-state index in [1.807, 2.05) is 56.3 Å². The van der Waals surface area contributed by atoms with Crippen LogP contribution in [-0.4, -0.2) is 29.6 Å². The van der Waals surface area contributed by atoms with Crippen LogP contribution >= 0.6 is 12.1 Å². The maximum absolute atomic E-state index is 12.6. The van der Waals surface area contributed by atoms with Crippen molar-refractivity contribution >= 4 is 23.9 Å². The summed E-state index contributed by atoms with van der Waals surface area (Å²) in [5.74, 6) is 1.02. The molecule has 27 heavy (non-hydrogen) atoms. The third-order valence-electron chi connectivity index (χ3n) is 3.99. The van der Waals surface area contributed by atoms with E-state index in [1.54, 1.807) is 17.4 Å². The van der Waals surface area contributed by atoms with Crippen LogP contribution in [0.5, 0.6) is 11.5 Å². The fourth-order valence-corrected chi connectivity index (χ4v) is 3.56. The molecular formula is C20H21N3O3S. The third kappa shape index (κ3) is 4.47. The molecule has 1 amide bonds. The number of hydrogen-bond acceptors (Lipinski definition) is 6. The Morgan fingerprint density at radius 1 is 1.26 bits per heavy atom. The molecule has 7 heteroatoms. The van der Waals surface area contributed by atoms with Gasteiger partial charge in [-0.2, -0.15) is 5.26 Å². The molecule has 0 bridgehead atoms. The summed E-state index contributed by atoms with van der Waals surface area (Å²) in [6, 6.07) is 17.1. The largest absolute Gasteiger partial charge is 0.483 e. The minimum absolute atomic E-state index is 0.129. The van der Waals surface area contributed by atoms with E-state index >= 15 is 0 Å². The van der Waals surface area contributed by atoms with E-state index in [0.29, 0.717) is 11.5 Å². The Balaban J connectivity index is 1.70. The lowest BCUT2D eigenvalue weighted by atomic mass is 10.0. The van der Waals surface area contributed by atoms with E-state index in [1.165, 1.54) is 4.31 Å². The molecule has 1 aliphatic rings. The molecule has 0 N–H and O–H groups in total. The number of amides is 1. The molecular weight excluding hydrogens is 362 g/mol. The monoisotopic (exact) mass is 383 g/mol. The van der Waals surface area contributed by atoms with E-state index in [2.05, 4.69) is 6.07 Å². The predicted octanol–water partition coefficient (Wildman–Crippen LogP) is 4.42. The smallest absolute Gasteiger partial charge is 0.426 e. The Morgan fingerprint density at radius 2 is 2.00 bits per heavy atom. The summed E-state index contributed by atoms with van der Waals surface area (Å²) in [7, 11) is 1.61. The van der Waals surface area contributed by atoms with Gasteiger partial charge in [0.1, 0.15) is 12.1 Å². The van der Waals surface area contributed by atoms with Gasteiger partial charge in [0.25, 0.3) is 0 Å². The van der Waals surface area contributed by atoms with Gasteiger partial charge in [-0.05, 0) is 32.0 Å². The molecule has 0 radical (unpaired) electrons. The summed E-state index contributed by atoms with van der Waals surface area (Å²) in [5.41, 5.74) is 1.54. The van der Waals surface area contributed by atoms with Gasteiger partial charge < -0.3 is 9.47 Å². The zero-order valence-electron chi connectivity index (χ0n) is 15.5. The minimum Gasteiger partial charge on any atom is -0.483 e. The van der Waals surface area contributed by atoms with Crippen LogP contribution in [0.4, 0.5) is 10.5 Å². The highest BCUT2D eigenvalue weighted by atomic mass is 32.2. The topological polar surface area (TPSA) is 65.8 Å². The Kier molecular flexibility index (Phi) is 5.47. The number of carbonyl (C=O) groups is 1. The highest BCUT2D eigenvalue weighted by molar-refractivity contribution is 7.98. The average Bonchev–Trinajstić information content (AvgIpc) is 2.97. The highest BCUT2D eigenvalue weighted by Crippen LogP contribution is 2.42. The molecule has 0 aromatic heterocycles. The van der Waals surface area contributed by atoms with Crippen molar-refractivity contribution in [3.05, 3.63) is 54.1 Å². The molecule has 0 saturated carbocycles. The second kappa shape index (κ2) is 7.80. The van der Waals surface area contributed by atoms with Crippen molar-refractivity contribution in [1.82, 2.24) is 4.31 Å². The second-order valence-electron chi connectivity index (χ2n) is 6.76. The van der Waals surface area contributed by atoms with Gasteiger partial charge in [-0.3, -0.25) is 4.31 Å². The SMILES string of the molecule is CN(SN(CC#N)c1ccccc1)C(=O)Oc1cccc2c1OC(C)(C)C2. The zero-order valence-corrected chi connectivity index (χ0v) is 16.3. The molecule has 0 saturated heterocycles. The Labute approximate surface area is 163 Å². The van der Waals surface area contributed by atoms with Gasteiger partial charge in [-0.25, -0.2) is 9.10 Å². The molecule has 3 rings (SSSR count). The molecule has 6 nitrogen and oxygen atoms in total. The first-order chi connectivity index (χ1) is 12.9. The molecule has 0 spiro atoms. The molecule has 0 unspecified atom stereocenters. The van der Waals surface area contributed by atoms with E-state index in [-0.39, 0.29) is 12.1 Å². The number of hydrogen-bond donors (Lipinski definition) is 0. The van der Waals surface area contributed by atoms with Crippen LogP contribution in [0.1, 0.15) is 19.4 Å². The van der Waals surface area contributed by atoms with Gasteiger partial charge in [0.2, 0.25) is 0 Å². The summed E-state index contributed by atoms with van der Waals surface area (Å²) >= 11 is 1.11. The van der Waals surface area contributed by atoms with Crippen molar-refractivity contribution in [2.45, 2.75) is 25.9 Å².